The molecule has 2 N–H and O–H groups in total. The molecule has 1 unspecified atom stereocenters. The lowest BCUT2D eigenvalue weighted by molar-refractivity contribution is -0.138. The van der Waals surface area contributed by atoms with E-state index in [9.17, 15) is 37.6 Å². The summed E-state index contributed by atoms with van der Waals surface area (Å²) in [4.78, 5) is 62.5. The number of anilines is 2. The van der Waals surface area contributed by atoms with E-state index in [-0.39, 0.29) is 65.5 Å². The fourth-order valence-electron chi connectivity index (χ4n) is 9.10. The smallest absolute Gasteiger partial charge is 0.331 e. The van der Waals surface area contributed by atoms with E-state index in [1.807, 2.05) is 4.90 Å². The first-order valence-electron chi connectivity index (χ1n) is 19.8. The van der Waals surface area contributed by atoms with E-state index >= 15 is 0 Å². The van der Waals surface area contributed by atoms with Crippen LogP contribution in [0.25, 0.3) is 0 Å². The standard InChI is InChI=1S/C41H51F3N8O4S/c1-25-22-49(23-26(2)50(25)24-36(54)47-29-11-16-34(46-21-29)32-15-17-35(53)48-37(32)55)18-6-5-7-27-8-12-30(13-9-27)52-39(57)51(38(56)40(52,3)4)31-14-10-28(20-45)33(19-31)41(42,43)44/h10-11,14,16,19,21,25-27,30,32H,5-9,12-13,15,17-18,22-24H2,1-4H3,(H,47,54)(H,48,53,55)/t25-,26+,27?,30?,32?. The monoisotopic (exact) mass is 808 g/mol. The number of rotatable bonds is 11. The normalized spacial score (nSPS) is 26.0. The molecule has 16 heteroatoms. The molecule has 3 saturated heterocycles. The molecule has 0 radical (unpaired) electrons. The molecule has 4 heterocycles. The summed E-state index contributed by atoms with van der Waals surface area (Å²) in [6.45, 7) is 10.8. The molecular weight excluding hydrogens is 758 g/mol. The summed E-state index contributed by atoms with van der Waals surface area (Å²) < 4.78 is 41.2. The Bertz CT molecular complexity index is 1900. The lowest BCUT2D eigenvalue weighted by Crippen LogP contribution is -2.58. The number of carbonyl (C=O) groups excluding carboxylic acids is 4. The summed E-state index contributed by atoms with van der Waals surface area (Å²) in [5, 5.41) is 14.7. The van der Waals surface area contributed by atoms with Gasteiger partial charge in [-0.3, -0.25) is 39.3 Å². The van der Waals surface area contributed by atoms with Crippen LogP contribution in [0.1, 0.15) is 108 Å². The number of hydrogen-bond acceptors (Lipinski definition) is 9. The number of nitriles is 1. The van der Waals surface area contributed by atoms with E-state index in [0.29, 0.717) is 23.7 Å². The molecule has 3 atom stereocenters. The predicted octanol–water partition coefficient (Wildman–Crippen LogP) is 5.97. The Morgan fingerprint density at radius 1 is 1.04 bits per heavy atom. The third-order valence-corrected chi connectivity index (χ3v) is 12.5. The molecule has 12 nitrogen and oxygen atoms in total. The number of imide groups is 1. The van der Waals surface area contributed by atoms with Crippen molar-refractivity contribution in [2.45, 2.75) is 121 Å². The zero-order valence-electron chi connectivity index (χ0n) is 32.9. The quantitative estimate of drug-likeness (QED) is 0.159. The summed E-state index contributed by atoms with van der Waals surface area (Å²) >= 11 is 5.76. The van der Waals surface area contributed by atoms with Crippen LogP contribution in [0.4, 0.5) is 24.5 Å². The van der Waals surface area contributed by atoms with Gasteiger partial charge in [0.25, 0.3) is 5.91 Å². The Morgan fingerprint density at radius 2 is 1.74 bits per heavy atom. The largest absolute Gasteiger partial charge is 0.417 e. The molecule has 4 amide bonds. The molecule has 0 bridgehead atoms. The number of alkyl halides is 3. The van der Waals surface area contributed by atoms with Crippen LogP contribution in [0.15, 0.2) is 36.5 Å². The zero-order chi connectivity index (χ0) is 41.2. The molecule has 1 aliphatic carbocycles. The van der Waals surface area contributed by atoms with Gasteiger partial charge >= 0.3 is 6.18 Å². The van der Waals surface area contributed by atoms with Gasteiger partial charge in [0.05, 0.1) is 52.9 Å². The SMILES string of the molecule is C[C@@H]1CN(CCCCC2CCC(N3C(=S)N(c4ccc(C#N)c(C(F)(F)F)c4)C(=O)C3(C)C)CC2)C[C@H](C)N1CC(=O)Nc1ccc(C2CCC(=O)NC2=O)nc1. The number of piperazine rings is 1. The summed E-state index contributed by atoms with van der Waals surface area (Å²) in [5.41, 5.74) is -1.47. The third-order valence-electron chi connectivity index (χ3n) is 12.1. The number of hydrogen-bond donors (Lipinski definition) is 2. The fourth-order valence-corrected chi connectivity index (χ4v) is 9.67. The average molecular weight is 809 g/mol. The minimum absolute atomic E-state index is 0.00160. The van der Waals surface area contributed by atoms with E-state index < -0.39 is 28.8 Å². The van der Waals surface area contributed by atoms with Crippen LogP contribution >= 0.6 is 12.2 Å². The maximum Gasteiger partial charge on any atom is 0.417 e. The second-order valence-electron chi connectivity index (χ2n) is 16.5. The number of nitrogens with one attached hydrogen (secondary N) is 2. The summed E-state index contributed by atoms with van der Waals surface area (Å²) in [5.74, 6) is -1.05. The van der Waals surface area contributed by atoms with Crippen LogP contribution in [0.3, 0.4) is 0 Å². The van der Waals surface area contributed by atoms with E-state index in [4.69, 9.17) is 12.2 Å². The van der Waals surface area contributed by atoms with Gasteiger partial charge in [0.15, 0.2) is 5.11 Å². The number of carbonyl (C=O) groups is 4. The molecule has 306 valence electrons. The van der Waals surface area contributed by atoms with Crippen LogP contribution in [0.2, 0.25) is 0 Å². The number of pyridine rings is 1. The number of unbranched alkanes of at least 4 members (excludes halogenated alkanes) is 1. The van der Waals surface area contributed by atoms with E-state index in [1.165, 1.54) is 11.0 Å². The van der Waals surface area contributed by atoms with Crippen LogP contribution < -0.4 is 15.5 Å². The van der Waals surface area contributed by atoms with Crippen molar-refractivity contribution in [1.82, 2.24) is 25.0 Å². The van der Waals surface area contributed by atoms with E-state index in [1.54, 1.807) is 38.2 Å². The number of piperidine rings is 1. The van der Waals surface area contributed by atoms with Gasteiger partial charge in [0.1, 0.15) is 5.54 Å². The van der Waals surface area contributed by atoms with E-state index in [2.05, 4.69) is 39.3 Å². The van der Waals surface area contributed by atoms with Gasteiger partial charge in [-0.05, 0) is 121 Å². The summed E-state index contributed by atoms with van der Waals surface area (Å²) in [6, 6.07) is 8.71. The zero-order valence-corrected chi connectivity index (χ0v) is 33.7. The number of aromatic nitrogens is 1. The Kier molecular flexibility index (Phi) is 12.7. The maximum atomic E-state index is 13.7. The van der Waals surface area contributed by atoms with Crippen LogP contribution in [0.5, 0.6) is 0 Å². The second-order valence-corrected chi connectivity index (χ2v) is 16.9. The Balaban J connectivity index is 0.918. The van der Waals surface area contributed by atoms with Crippen molar-refractivity contribution in [3.63, 3.8) is 0 Å². The highest BCUT2D eigenvalue weighted by Gasteiger charge is 2.52. The molecule has 3 aliphatic heterocycles. The van der Waals surface area contributed by atoms with Gasteiger partial charge in [-0.25, -0.2) is 0 Å². The van der Waals surface area contributed by atoms with Crippen molar-refractivity contribution in [3.05, 3.63) is 53.3 Å². The van der Waals surface area contributed by atoms with Gasteiger partial charge in [-0.1, -0.05) is 12.8 Å². The molecule has 2 aromatic rings. The lowest BCUT2D eigenvalue weighted by atomic mass is 9.81. The van der Waals surface area contributed by atoms with Gasteiger partial charge in [0.2, 0.25) is 17.7 Å². The Hall–Kier alpha value is -4.46. The highest BCUT2D eigenvalue weighted by molar-refractivity contribution is 7.80. The first-order chi connectivity index (χ1) is 27.0. The molecule has 6 rings (SSSR count). The minimum Gasteiger partial charge on any atom is -0.331 e. The lowest BCUT2D eigenvalue weighted by Gasteiger charge is -2.44. The summed E-state index contributed by atoms with van der Waals surface area (Å²) in [7, 11) is 0. The van der Waals surface area contributed by atoms with Crippen molar-refractivity contribution >= 4 is 52.3 Å². The van der Waals surface area contributed by atoms with Crippen molar-refractivity contribution in [2.75, 3.05) is 36.4 Å². The second kappa shape index (κ2) is 17.2. The predicted molar refractivity (Wildman–Crippen MR) is 212 cm³/mol. The van der Waals surface area contributed by atoms with Crippen molar-refractivity contribution in [3.8, 4) is 6.07 Å². The molecule has 1 aromatic heterocycles. The minimum atomic E-state index is -4.75. The van der Waals surface area contributed by atoms with Crippen molar-refractivity contribution in [1.29, 1.82) is 5.26 Å². The molecular formula is C41H51F3N8O4S. The van der Waals surface area contributed by atoms with E-state index in [0.717, 1.165) is 76.7 Å². The van der Waals surface area contributed by atoms with Gasteiger partial charge in [-0.2, -0.15) is 18.4 Å². The number of thiocarbonyl (C=S) groups is 1. The van der Waals surface area contributed by atoms with Crippen LogP contribution in [-0.4, -0.2) is 98.3 Å². The first-order valence-corrected chi connectivity index (χ1v) is 20.3. The summed E-state index contributed by atoms with van der Waals surface area (Å²) in [6.07, 6.45) is 4.41. The van der Waals surface area contributed by atoms with Crippen LogP contribution in [-0.2, 0) is 25.4 Å². The molecule has 4 aliphatic rings. The maximum absolute atomic E-state index is 13.7. The third kappa shape index (κ3) is 9.31. The molecule has 4 fully saturated rings. The molecule has 1 aromatic carbocycles. The Morgan fingerprint density at radius 3 is 2.35 bits per heavy atom. The molecule has 57 heavy (non-hydrogen) atoms. The molecule has 0 spiro atoms. The number of amides is 4. The molecule has 1 saturated carbocycles. The highest BCUT2D eigenvalue weighted by Crippen LogP contribution is 2.41. The first kappa shape index (κ1) is 42.2. The van der Waals surface area contributed by atoms with Crippen molar-refractivity contribution in [2.24, 2.45) is 5.92 Å². The number of benzene rings is 1. The number of nitrogens with zero attached hydrogens (tertiary/aromatic N) is 6. The van der Waals surface area contributed by atoms with Crippen LogP contribution in [0, 0.1) is 17.2 Å². The Labute approximate surface area is 337 Å². The number of halogens is 3. The topological polar surface area (TPSA) is 142 Å². The van der Waals surface area contributed by atoms with Crippen molar-refractivity contribution < 1.29 is 32.3 Å². The van der Waals surface area contributed by atoms with Gasteiger partial charge < -0.3 is 15.1 Å². The average Bonchev–Trinajstić information content (AvgIpc) is 3.33. The van der Waals surface area contributed by atoms with Gasteiger partial charge in [-0.15, -0.1) is 0 Å². The fraction of sp³-hybridized carbons (Fsp3) is 0.585. The van der Waals surface area contributed by atoms with Gasteiger partial charge in [0, 0.05) is 37.6 Å². The highest BCUT2D eigenvalue weighted by atomic mass is 32.1.